The fraction of sp³-hybridized carbons (Fsp3) is 0.500. The van der Waals surface area contributed by atoms with Gasteiger partial charge >= 0.3 is 0 Å². The lowest BCUT2D eigenvalue weighted by atomic mass is 10.1. The molecular formula is C18H25FN4O. The Hall–Kier alpha value is -2.08. The Morgan fingerprint density at radius 1 is 1.33 bits per heavy atom. The van der Waals surface area contributed by atoms with E-state index >= 15 is 0 Å². The zero-order valence-corrected chi connectivity index (χ0v) is 14.6. The predicted molar refractivity (Wildman–Crippen MR) is 92.9 cm³/mol. The van der Waals surface area contributed by atoms with Gasteiger partial charge in [0.1, 0.15) is 5.82 Å². The Balaban J connectivity index is 1.51. The van der Waals surface area contributed by atoms with Crippen molar-refractivity contribution < 1.29 is 9.13 Å². The summed E-state index contributed by atoms with van der Waals surface area (Å²) in [6.07, 6.45) is 1.15. The molecule has 1 saturated heterocycles. The standard InChI is InChI=1S/C18H25FN4O/c1-13-17(18(24-3)22(2)21-13)11-20-10-14-8-9-23(12-14)16-6-4-15(19)5-7-16/h4-7,14,20H,8-12H2,1-3H3/t14-/m0/s1. The first-order valence-electron chi connectivity index (χ1n) is 8.36. The van der Waals surface area contributed by atoms with Crippen molar-refractivity contribution in [2.24, 2.45) is 13.0 Å². The van der Waals surface area contributed by atoms with Gasteiger partial charge in [0, 0.05) is 38.9 Å². The minimum absolute atomic E-state index is 0.183. The molecular weight excluding hydrogens is 307 g/mol. The van der Waals surface area contributed by atoms with Gasteiger partial charge in [-0.05, 0) is 43.5 Å². The highest BCUT2D eigenvalue weighted by atomic mass is 19.1. The monoisotopic (exact) mass is 332 g/mol. The number of anilines is 1. The summed E-state index contributed by atoms with van der Waals surface area (Å²) >= 11 is 0. The Morgan fingerprint density at radius 3 is 2.79 bits per heavy atom. The highest BCUT2D eigenvalue weighted by molar-refractivity contribution is 5.47. The van der Waals surface area contributed by atoms with Gasteiger partial charge in [-0.15, -0.1) is 0 Å². The summed E-state index contributed by atoms with van der Waals surface area (Å²) in [5, 5.41) is 7.94. The molecule has 2 aromatic rings. The summed E-state index contributed by atoms with van der Waals surface area (Å²) in [5.41, 5.74) is 3.22. The number of methoxy groups -OCH3 is 1. The van der Waals surface area contributed by atoms with E-state index < -0.39 is 0 Å². The van der Waals surface area contributed by atoms with E-state index in [0.29, 0.717) is 5.92 Å². The van der Waals surface area contributed by atoms with Crippen LogP contribution in [0.15, 0.2) is 24.3 Å². The predicted octanol–water partition coefficient (Wildman–Crippen LogP) is 2.49. The Bertz CT molecular complexity index is 683. The largest absolute Gasteiger partial charge is 0.481 e. The molecule has 1 aromatic carbocycles. The minimum Gasteiger partial charge on any atom is -0.481 e. The van der Waals surface area contributed by atoms with E-state index in [2.05, 4.69) is 15.3 Å². The Morgan fingerprint density at radius 2 is 2.08 bits per heavy atom. The third-order valence-corrected chi connectivity index (χ3v) is 4.69. The summed E-state index contributed by atoms with van der Waals surface area (Å²) < 4.78 is 20.2. The molecule has 0 bridgehead atoms. The maximum Gasteiger partial charge on any atom is 0.216 e. The molecule has 24 heavy (non-hydrogen) atoms. The van der Waals surface area contributed by atoms with Crippen molar-refractivity contribution in [2.75, 3.05) is 31.6 Å². The highest BCUT2D eigenvalue weighted by Gasteiger charge is 2.23. The minimum atomic E-state index is -0.183. The molecule has 6 heteroatoms. The van der Waals surface area contributed by atoms with E-state index in [-0.39, 0.29) is 5.82 Å². The summed E-state index contributed by atoms with van der Waals surface area (Å²) in [6.45, 7) is 5.74. The molecule has 0 saturated carbocycles. The highest BCUT2D eigenvalue weighted by Crippen LogP contribution is 2.24. The van der Waals surface area contributed by atoms with E-state index in [4.69, 9.17) is 4.74 Å². The molecule has 130 valence electrons. The van der Waals surface area contributed by atoms with Crippen LogP contribution in [-0.2, 0) is 13.6 Å². The lowest BCUT2D eigenvalue weighted by Gasteiger charge is -2.19. The SMILES string of the molecule is COc1c(CNC[C@@H]2CCN(c3ccc(F)cc3)C2)c(C)nn1C. The van der Waals surface area contributed by atoms with Gasteiger partial charge in [-0.1, -0.05) is 0 Å². The number of aromatic nitrogens is 2. The number of benzene rings is 1. The van der Waals surface area contributed by atoms with E-state index in [1.165, 1.54) is 12.1 Å². The van der Waals surface area contributed by atoms with E-state index in [1.54, 1.807) is 11.8 Å². The van der Waals surface area contributed by atoms with E-state index in [9.17, 15) is 4.39 Å². The lowest BCUT2D eigenvalue weighted by molar-refractivity contribution is 0.367. The summed E-state index contributed by atoms with van der Waals surface area (Å²) in [5.74, 6) is 1.23. The fourth-order valence-corrected chi connectivity index (χ4v) is 3.43. The molecule has 5 nitrogen and oxygen atoms in total. The Labute approximate surface area is 142 Å². The number of rotatable bonds is 6. The molecule has 0 aliphatic carbocycles. The van der Waals surface area contributed by atoms with Crippen LogP contribution in [0.2, 0.25) is 0 Å². The molecule has 1 aromatic heterocycles. The van der Waals surface area contributed by atoms with Gasteiger partial charge in [-0.25, -0.2) is 9.07 Å². The zero-order chi connectivity index (χ0) is 17.1. The number of ether oxygens (including phenoxy) is 1. The van der Waals surface area contributed by atoms with E-state index in [1.807, 2.05) is 26.1 Å². The molecule has 3 rings (SSSR count). The Kier molecular flexibility index (Phi) is 5.04. The second-order valence-corrected chi connectivity index (χ2v) is 6.40. The first-order chi connectivity index (χ1) is 11.6. The van der Waals surface area contributed by atoms with Crippen molar-refractivity contribution in [3.05, 3.63) is 41.3 Å². The summed E-state index contributed by atoms with van der Waals surface area (Å²) in [7, 11) is 3.57. The summed E-state index contributed by atoms with van der Waals surface area (Å²) in [4.78, 5) is 2.32. The van der Waals surface area contributed by atoms with Crippen molar-refractivity contribution >= 4 is 5.69 Å². The number of halogens is 1. The number of nitrogens with one attached hydrogen (secondary N) is 1. The van der Waals surface area contributed by atoms with Crippen LogP contribution in [0.4, 0.5) is 10.1 Å². The molecule has 1 N–H and O–H groups in total. The number of aryl methyl sites for hydroxylation is 2. The van der Waals surface area contributed by atoms with Crippen LogP contribution >= 0.6 is 0 Å². The normalized spacial score (nSPS) is 17.5. The number of hydrogen-bond acceptors (Lipinski definition) is 4. The maximum atomic E-state index is 13.0. The van der Waals surface area contributed by atoms with Gasteiger partial charge in [-0.2, -0.15) is 5.10 Å². The quantitative estimate of drug-likeness (QED) is 0.882. The van der Waals surface area contributed by atoms with Crippen molar-refractivity contribution in [2.45, 2.75) is 19.9 Å². The van der Waals surface area contributed by atoms with Crippen LogP contribution in [0.25, 0.3) is 0 Å². The molecule has 0 unspecified atom stereocenters. The van der Waals surface area contributed by atoms with Crippen molar-refractivity contribution in [3.8, 4) is 5.88 Å². The molecule has 0 radical (unpaired) electrons. The number of nitrogens with zero attached hydrogens (tertiary/aromatic N) is 3. The van der Waals surface area contributed by atoms with Gasteiger partial charge in [0.15, 0.2) is 0 Å². The lowest BCUT2D eigenvalue weighted by Crippen LogP contribution is -2.26. The molecule has 0 spiro atoms. The molecule has 1 aliphatic heterocycles. The fourth-order valence-electron chi connectivity index (χ4n) is 3.43. The van der Waals surface area contributed by atoms with Gasteiger partial charge in [-0.3, -0.25) is 0 Å². The first kappa shape index (κ1) is 16.8. The van der Waals surface area contributed by atoms with Crippen LogP contribution in [0.5, 0.6) is 5.88 Å². The van der Waals surface area contributed by atoms with Crippen LogP contribution in [0.1, 0.15) is 17.7 Å². The van der Waals surface area contributed by atoms with Gasteiger partial charge in [0.2, 0.25) is 5.88 Å². The number of hydrogen-bond donors (Lipinski definition) is 1. The second kappa shape index (κ2) is 7.21. The third kappa shape index (κ3) is 3.53. The maximum absolute atomic E-state index is 13.0. The average Bonchev–Trinajstić information content (AvgIpc) is 3.13. The molecule has 1 fully saturated rings. The second-order valence-electron chi connectivity index (χ2n) is 6.40. The molecule has 1 aliphatic rings. The van der Waals surface area contributed by atoms with Gasteiger partial charge < -0.3 is 15.0 Å². The zero-order valence-electron chi connectivity index (χ0n) is 14.6. The van der Waals surface area contributed by atoms with Crippen molar-refractivity contribution in [1.82, 2.24) is 15.1 Å². The van der Waals surface area contributed by atoms with E-state index in [0.717, 1.165) is 55.4 Å². The molecule has 0 amide bonds. The van der Waals surface area contributed by atoms with Crippen molar-refractivity contribution in [1.29, 1.82) is 0 Å². The first-order valence-corrected chi connectivity index (χ1v) is 8.36. The van der Waals surface area contributed by atoms with Crippen molar-refractivity contribution in [3.63, 3.8) is 0 Å². The van der Waals surface area contributed by atoms with Gasteiger partial charge in [0.05, 0.1) is 18.4 Å². The molecule has 1 atom stereocenters. The van der Waals surface area contributed by atoms with Crippen LogP contribution in [-0.4, -0.2) is 36.5 Å². The summed E-state index contributed by atoms with van der Waals surface area (Å²) in [6, 6.07) is 6.76. The average molecular weight is 332 g/mol. The molecule has 2 heterocycles. The van der Waals surface area contributed by atoms with Crippen LogP contribution in [0.3, 0.4) is 0 Å². The third-order valence-electron chi connectivity index (χ3n) is 4.69. The van der Waals surface area contributed by atoms with Crippen LogP contribution < -0.4 is 15.0 Å². The van der Waals surface area contributed by atoms with Gasteiger partial charge in [0.25, 0.3) is 0 Å². The topological polar surface area (TPSA) is 42.3 Å². The smallest absolute Gasteiger partial charge is 0.216 e. The van der Waals surface area contributed by atoms with Crippen LogP contribution in [0, 0.1) is 18.7 Å².